The largest absolute Gasteiger partial charge is 0.480 e. The van der Waals surface area contributed by atoms with E-state index in [0.29, 0.717) is 24.3 Å². The molecule has 3 N–H and O–H groups in total. The zero-order valence-electron chi connectivity index (χ0n) is 17.2. The molecule has 0 spiro atoms. The van der Waals surface area contributed by atoms with E-state index in [2.05, 4.69) is 15.6 Å². The molecule has 0 aliphatic carbocycles. The Morgan fingerprint density at radius 3 is 2.48 bits per heavy atom. The predicted octanol–water partition coefficient (Wildman–Crippen LogP) is 4.30. The lowest BCUT2D eigenvalue weighted by molar-refractivity contribution is -0.139. The SMILES string of the molecule is CSCC[C@H](NC(=O)c1ccc(CNc2ccncc2)cc1-c1ccccc1)C(=O)O. The van der Waals surface area contributed by atoms with Gasteiger partial charge in [-0.15, -0.1) is 0 Å². The third-order valence-electron chi connectivity index (χ3n) is 4.80. The molecule has 1 aromatic heterocycles. The average Bonchev–Trinajstić information content (AvgIpc) is 2.81. The molecule has 1 heterocycles. The quantitative estimate of drug-likeness (QED) is 0.440. The number of carbonyl (C=O) groups excluding carboxylic acids is 1. The molecule has 2 aromatic carbocycles. The van der Waals surface area contributed by atoms with Gasteiger partial charge in [-0.2, -0.15) is 11.8 Å². The van der Waals surface area contributed by atoms with Crippen LogP contribution in [0.25, 0.3) is 11.1 Å². The van der Waals surface area contributed by atoms with E-state index >= 15 is 0 Å². The second-order valence-electron chi connectivity index (χ2n) is 6.98. The van der Waals surface area contributed by atoms with E-state index < -0.39 is 12.0 Å². The molecule has 160 valence electrons. The van der Waals surface area contributed by atoms with Crippen molar-refractivity contribution in [3.8, 4) is 11.1 Å². The molecule has 0 saturated heterocycles. The second-order valence-corrected chi connectivity index (χ2v) is 7.97. The van der Waals surface area contributed by atoms with Gasteiger partial charge in [0.1, 0.15) is 6.04 Å². The van der Waals surface area contributed by atoms with E-state index in [1.54, 1.807) is 30.2 Å². The molecule has 0 bridgehead atoms. The van der Waals surface area contributed by atoms with Crippen molar-refractivity contribution in [1.29, 1.82) is 0 Å². The molecular formula is C24H25N3O3S. The third kappa shape index (κ3) is 6.33. The minimum absolute atomic E-state index is 0.372. The van der Waals surface area contributed by atoms with Crippen molar-refractivity contribution in [3.63, 3.8) is 0 Å². The number of hydrogen-bond donors (Lipinski definition) is 3. The summed E-state index contributed by atoms with van der Waals surface area (Å²) < 4.78 is 0. The van der Waals surface area contributed by atoms with Crippen LogP contribution in [0.5, 0.6) is 0 Å². The minimum atomic E-state index is -1.03. The van der Waals surface area contributed by atoms with Gasteiger partial charge in [-0.1, -0.05) is 36.4 Å². The van der Waals surface area contributed by atoms with Gasteiger partial charge in [0, 0.05) is 30.2 Å². The Kier molecular flexibility index (Phi) is 8.06. The minimum Gasteiger partial charge on any atom is -0.480 e. The number of pyridine rings is 1. The number of carboxylic acids is 1. The third-order valence-corrected chi connectivity index (χ3v) is 5.45. The van der Waals surface area contributed by atoms with Crippen molar-refractivity contribution >= 4 is 29.3 Å². The Labute approximate surface area is 186 Å². The van der Waals surface area contributed by atoms with E-state index in [1.807, 2.05) is 60.9 Å². The number of aliphatic carboxylic acids is 1. The van der Waals surface area contributed by atoms with Crippen LogP contribution in [-0.4, -0.2) is 40.0 Å². The van der Waals surface area contributed by atoms with Gasteiger partial charge in [-0.05, 0) is 59.4 Å². The first-order valence-corrected chi connectivity index (χ1v) is 11.3. The van der Waals surface area contributed by atoms with Crippen molar-refractivity contribution < 1.29 is 14.7 Å². The van der Waals surface area contributed by atoms with Crippen LogP contribution in [0.15, 0.2) is 73.1 Å². The molecule has 0 aliphatic rings. The van der Waals surface area contributed by atoms with Gasteiger partial charge in [0.05, 0.1) is 0 Å². The maximum absolute atomic E-state index is 13.0. The van der Waals surface area contributed by atoms with Crippen LogP contribution in [0.4, 0.5) is 5.69 Å². The Morgan fingerprint density at radius 2 is 1.81 bits per heavy atom. The number of nitrogens with zero attached hydrogens (tertiary/aromatic N) is 1. The summed E-state index contributed by atoms with van der Waals surface area (Å²) in [6.07, 6.45) is 5.73. The number of aromatic nitrogens is 1. The number of rotatable bonds is 10. The number of anilines is 1. The first-order chi connectivity index (χ1) is 15.1. The van der Waals surface area contributed by atoms with Crippen molar-refractivity contribution in [3.05, 3.63) is 84.2 Å². The standard InChI is InChI=1S/C24H25N3O3S/c1-31-14-11-22(24(29)30)27-23(28)20-8-7-17(16-26-19-9-12-25-13-10-19)15-21(20)18-5-3-2-4-6-18/h2-10,12-13,15,22H,11,14,16H2,1H3,(H,25,26)(H,27,28)(H,29,30)/t22-/m0/s1. The summed E-state index contributed by atoms with van der Waals surface area (Å²) in [5.74, 6) is -0.759. The zero-order valence-corrected chi connectivity index (χ0v) is 18.1. The maximum Gasteiger partial charge on any atom is 0.326 e. The molecule has 0 aliphatic heterocycles. The molecule has 0 fully saturated rings. The van der Waals surface area contributed by atoms with Crippen molar-refractivity contribution in [1.82, 2.24) is 10.3 Å². The number of carboxylic acid groups (broad SMARTS) is 1. The summed E-state index contributed by atoms with van der Waals surface area (Å²) in [5, 5.41) is 15.5. The molecule has 0 saturated carbocycles. The van der Waals surface area contributed by atoms with Crippen LogP contribution in [0.3, 0.4) is 0 Å². The first kappa shape index (κ1) is 22.4. The summed E-state index contributed by atoms with van der Waals surface area (Å²) in [7, 11) is 0. The molecule has 1 amide bonds. The first-order valence-electron chi connectivity index (χ1n) is 9.93. The van der Waals surface area contributed by atoms with Crippen LogP contribution >= 0.6 is 11.8 Å². The number of benzene rings is 2. The molecule has 1 atom stereocenters. The molecule has 31 heavy (non-hydrogen) atoms. The van der Waals surface area contributed by atoms with Crippen LogP contribution in [0, 0.1) is 0 Å². The van der Waals surface area contributed by atoms with Gasteiger partial charge in [0.15, 0.2) is 0 Å². The monoisotopic (exact) mass is 435 g/mol. The molecule has 0 radical (unpaired) electrons. The second kappa shape index (κ2) is 11.2. The lowest BCUT2D eigenvalue weighted by Crippen LogP contribution is -2.41. The highest BCUT2D eigenvalue weighted by molar-refractivity contribution is 7.98. The van der Waals surface area contributed by atoms with Gasteiger partial charge in [-0.3, -0.25) is 9.78 Å². The molecule has 3 aromatic rings. The van der Waals surface area contributed by atoms with Gasteiger partial charge >= 0.3 is 5.97 Å². The lowest BCUT2D eigenvalue weighted by atomic mass is 9.96. The van der Waals surface area contributed by atoms with E-state index in [0.717, 1.165) is 22.4 Å². The highest BCUT2D eigenvalue weighted by atomic mass is 32.2. The Bertz CT molecular complexity index is 1010. The summed E-state index contributed by atoms with van der Waals surface area (Å²) in [6, 6.07) is 18.1. The normalized spacial score (nSPS) is 11.5. The van der Waals surface area contributed by atoms with Crippen LogP contribution < -0.4 is 10.6 Å². The Balaban J connectivity index is 1.86. The van der Waals surface area contributed by atoms with Gasteiger partial charge in [-0.25, -0.2) is 4.79 Å². The van der Waals surface area contributed by atoms with Crippen LogP contribution in [0.1, 0.15) is 22.3 Å². The highest BCUT2D eigenvalue weighted by Crippen LogP contribution is 2.26. The van der Waals surface area contributed by atoms with E-state index in [9.17, 15) is 14.7 Å². The maximum atomic E-state index is 13.0. The Hall–Kier alpha value is -3.32. The molecule has 3 rings (SSSR count). The van der Waals surface area contributed by atoms with Gasteiger partial charge in [0.2, 0.25) is 0 Å². The van der Waals surface area contributed by atoms with Crippen LogP contribution in [-0.2, 0) is 11.3 Å². The summed E-state index contributed by atoms with van der Waals surface area (Å²) in [4.78, 5) is 28.6. The fourth-order valence-corrected chi connectivity index (χ4v) is 3.63. The smallest absolute Gasteiger partial charge is 0.326 e. The molecule has 6 nitrogen and oxygen atoms in total. The Morgan fingerprint density at radius 1 is 1.06 bits per heavy atom. The highest BCUT2D eigenvalue weighted by Gasteiger charge is 2.22. The number of nitrogens with one attached hydrogen (secondary N) is 2. The van der Waals surface area contributed by atoms with Gasteiger partial charge in [0.25, 0.3) is 5.91 Å². The number of amides is 1. The average molecular weight is 436 g/mol. The molecular weight excluding hydrogens is 410 g/mol. The molecule has 0 unspecified atom stereocenters. The number of hydrogen-bond acceptors (Lipinski definition) is 5. The lowest BCUT2D eigenvalue weighted by Gasteiger charge is -2.17. The van der Waals surface area contributed by atoms with Crippen LogP contribution in [0.2, 0.25) is 0 Å². The fraction of sp³-hybridized carbons (Fsp3) is 0.208. The van der Waals surface area contributed by atoms with E-state index in [1.165, 1.54) is 0 Å². The summed E-state index contributed by atoms with van der Waals surface area (Å²) in [5.41, 5.74) is 4.07. The van der Waals surface area contributed by atoms with Crippen molar-refractivity contribution in [2.75, 3.05) is 17.3 Å². The van der Waals surface area contributed by atoms with Gasteiger partial charge < -0.3 is 15.7 Å². The zero-order chi connectivity index (χ0) is 22.1. The van der Waals surface area contributed by atoms with E-state index in [4.69, 9.17) is 0 Å². The molecule has 7 heteroatoms. The summed E-state index contributed by atoms with van der Waals surface area (Å²) in [6.45, 7) is 0.581. The predicted molar refractivity (Wildman–Crippen MR) is 125 cm³/mol. The fourth-order valence-electron chi connectivity index (χ4n) is 3.16. The van der Waals surface area contributed by atoms with E-state index in [-0.39, 0.29) is 5.91 Å². The van der Waals surface area contributed by atoms with Crippen molar-refractivity contribution in [2.24, 2.45) is 0 Å². The van der Waals surface area contributed by atoms with Crippen molar-refractivity contribution in [2.45, 2.75) is 19.0 Å². The topological polar surface area (TPSA) is 91.3 Å². The summed E-state index contributed by atoms with van der Waals surface area (Å²) >= 11 is 1.55. The number of carbonyl (C=O) groups is 2. The number of thioether (sulfide) groups is 1.